The van der Waals surface area contributed by atoms with Gasteiger partial charge in [-0.1, -0.05) is 30.7 Å². The topological polar surface area (TPSA) is 53.6 Å². The maximum absolute atomic E-state index is 12.6. The van der Waals surface area contributed by atoms with Crippen LogP contribution in [0.15, 0.2) is 24.3 Å². The first-order chi connectivity index (χ1) is 13.1. The average Bonchev–Trinajstić information content (AvgIpc) is 2.71. The highest BCUT2D eigenvalue weighted by Gasteiger charge is 2.25. The number of morpholine rings is 1. The Labute approximate surface area is 167 Å². The molecular formula is C21H32ClN3O2. The van der Waals surface area contributed by atoms with Crippen LogP contribution in [0.1, 0.15) is 37.8 Å². The molecule has 2 aliphatic rings. The van der Waals surface area contributed by atoms with Crippen LogP contribution in [0.3, 0.4) is 0 Å². The monoisotopic (exact) mass is 393 g/mol. The molecule has 0 radical (unpaired) electrons. The second-order valence-electron chi connectivity index (χ2n) is 7.79. The minimum atomic E-state index is 0.157. The van der Waals surface area contributed by atoms with Gasteiger partial charge in [0.15, 0.2) is 0 Å². The van der Waals surface area contributed by atoms with Crippen molar-refractivity contribution in [3.8, 4) is 0 Å². The second-order valence-corrected chi connectivity index (χ2v) is 8.23. The highest BCUT2D eigenvalue weighted by Crippen LogP contribution is 2.25. The third-order valence-corrected chi connectivity index (χ3v) is 6.18. The molecule has 0 aliphatic carbocycles. The van der Waals surface area contributed by atoms with Gasteiger partial charge in [0.2, 0.25) is 5.91 Å². The van der Waals surface area contributed by atoms with Gasteiger partial charge in [-0.3, -0.25) is 9.69 Å². The van der Waals surface area contributed by atoms with Gasteiger partial charge in [0, 0.05) is 31.1 Å². The minimum Gasteiger partial charge on any atom is -0.379 e. The van der Waals surface area contributed by atoms with Gasteiger partial charge in [-0.25, -0.2) is 0 Å². The number of piperidine rings is 1. The number of nitrogens with one attached hydrogen (secondary N) is 2. The van der Waals surface area contributed by atoms with Crippen molar-refractivity contribution < 1.29 is 9.53 Å². The van der Waals surface area contributed by atoms with E-state index in [9.17, 15) is 4.79 Å². The molecule has 1 aromatic carbocycles. The number of hydrogen-bond acceptors (Lipinski definition) is 4. The summed E-state index contributed by atoms with van der Waals surface area (Å²) in [7, 11) is 0. The Bertz CT molecular complexity index is 584. The van der Waals surface area contributed by atoms with Crippen molar-refractivity contribution in [2.24, 2.45) is 11.8 Å². The first kappa shape index (κ1) is 20.6. The Kier molecular flexibility index (Phi) is 7.94. The van der Waals surface area contributed by atoms with E-state index in [2.05, 4.69) is 34.6 Å². The maximum atomic E-state index is 12.6. The van der Waals surface area contributed by atoms with E-state index in [0.29, 0.717) is 24.8 Å². The average molecular weight is 394 g/mol. The van der Waals surface area contributed by atoms with Crippen LogP contribution in [0.4, 0.5) is 0 Å². The van der Waals surface area contributed by atoms with E-state index in [1.54, 1.807) is 0 Å². The van der Waals surface area contributed by atoms with E-state index in [1.807, 2.05) is 12.1 Å². The lowest BCUT2D eigenvalue weighted by Gasteiger charge is -2.35. The van der Waals surface area contributed by atoms with Crippen LogP contribution in [0.25, 0.3) is 0 Å². The summed E-state index contributed by atoms with van der Waals surface area (Å²) >= 11 is 6.05. The zero-order chi connectivity index (χ0) is 19.1. The van der Waals surface area contributed by atoms with Crippen molar-refractivity contribution >= 4 is 17.5 Å². The Balaban J connectivity index is 1.56. The lowest BCUT2D eigenvalue weighted by molar-refractivity contribution is -0.122. The van der Waals surface area contributed by atoms with E-state index in [-0.39, 0.29) is 11.9 Å². The number of ether oxygens (including phenoxy) is 1. The quantitative estimate of drug-likeness (QED) is 0.747. The smallest absolute Gasteiger partial charge is 0.220 e. The SMILES string of the molecule is CC(CC(=O)NCC(c1ccc(Cl)cc1)N1CCOCC1)C1CCNCC1. The molecule has 2 N–H and O–H groups in total. The summed E-state index contributed by atoms with van der Waals surface area (Å²) in [4.78, 5) is 15.0. The number of amides is 1. The second kappa shape index (κ2) is 10.4. The molecule has 0 saturated carbocycles. The number of carbonyl (C=O) groups excluding carboxylic acids is 1. The van der Waals surface area contributed by atoms with Crippen molar-refractivity contribution in [3.05, 3.63) is 34.9 Å². The van der Waals surface area contributed by atoms with E-state index >= 15 is 0 Å². The van der Waals surface area contributed by atoms with Gasteiger partial charge >= 0.3 is 0 Å². The summed E-state index contributed by atoms with van der Waals surface area (Å²) in [6, 6.07) is 8.12. The summed E-state index contributed by atoms with van der Waals surface area (Å²) < 4.78 is 5.50. The zero-order valence-electron chi connectivity index (χ0n) is 16.3. The van der Waals surface area contributed by atoms with Crippen LogP contribution in [-0.4, -0.2) is 56.7 Å². The first-order valence-corrected chi connectivity index (χ1v) is 10.6. The van der Waals surface area contributed by atoms with Gasteiger partial charge in [0.05, 0.1) is 19.3 Å². The van der Waals surface area contributed by atoms with E-state index in [0.717, 1.165) is 44.4 Å². The van der Waals surface area contributed by atoms with Crippen LogP contribution in [0.5, 0.6) is 0 Å². The number of rotatable bonds is 7. The number of nitrogens with zero attached hydrogens (tertiary/aromatic N) is 1. The number of benzene rings is 1. The lowest BCUT2D eigenvalue weighted by atomic mass is 9.84. The van der Waals surface area contributed by atoms with Crippen molar-refractivity contribution in [1.29, 1.82) is 0 Å². The van der Waals surface area contributed by atoms with Gasteiger partial charge < -0.3 is 15.4 Å². The van der Waals surface area contributed by atoms with Gasteiger partial charge in [0.1, 0.15) is 0 Å². The largest absolute Gasteiger partial charge is 0.379 e. The van der Waals surface area contributed by atoms with Crippen LogP contribution in [-0.2, 0) is 9.53 Å². The fourth-order valence-electron chi connectivity index (χ4n) is 4.19. The van der Waals surface area contributed by atoms with Crippen LogP contribution < -0.4 is 10.6 Å². The first-order valence-electron chi connectivity index (χ1n) is 10.2. The molecule has 27 heavy (non-hydrogen) atoms. The molecule has 5 nitrogen and oxygen atoms in total. The molecule has 3 rings (SSSR count). The molecule has 2 unspecified atom stereocenters. The molecule has 2 heterocycles. The molecule has 0 aromatic heterocycles. The maximum Gasteiger partial charge on any atom is 0.220 e. The number of hydrogen-bond donors (Lipinski definition) is 2. The molecule has 1 amide bonds. The summed E-state index contributed by atoms with van der Waals surface area (Å²) in [5, 5.41) is 7.32. The highest BCUT2D eigenvalue weighted by molar-refractivity contribution is 6.30. The van der Waals surface area contributed by atoms with Crippen LogP contribution in [0.2, 0.25) is 5.02 Å². The Morgan fingerprint density at radius 1 is 1.26 bits per heavy atom. The Morgan fingerprint density at radius 2 is 1.93 bits per heavy atom. The normalized spacial score (nSPS) is 21.6. The highest BCUT2D eigenvalue weighted by atomic mass is 35.5. The molecule has 2 aliphatic heterocycles. The molecule has 6 heteroatoms. The summed E-state index contributed by atoms with van der Waals surface area (Å²) in [6.45, 7) is 8.24. The Morgan fingerprint density at radius 3 is 2.59 bits per heavy atom. The van der Waals surface area contributed by atoms with Crippen LogP contribution in [0, 0.1) is 11.8 Å². The number of halogens is 1. The van der Waals surface area contributed by atoms with Gasteiger partial charge in [0.25, 0.3) is 0 Å². The Hall–Kier alpha value is -1.14. The fourth-order valence-corrected chi connectivity index (χ4v) is 4.31. The molecule has 0 spiro atoms. The molecule has 2 atom stereocenters. The van der Waals surface area contributed by atoms with Crippen molar-refractivity contribution in [2.75, 3.05) is 45.9 Å². The fraction of sp³-hybridized carbons (Fsp3) is 0.667. The third kappa shape index (κ3) is 6.18. The predicted octanol–water partition coefficient (Wildman–Crippen LogP) is 2.86. The van der Waals surface area contributed by atoms with Crippen LogP contribution >= 0.6 is 11.6 Å². The summed E-state index contributed by atoms with van der Waals surface area (Å²) in [5.41, 5.74) is 1.19. The van der Waals surface area contributed by atoms with Crippen molar-refractivity contribution in [1.82, 2.24) is 15.5 Å². The van der Waals surface area contributed by atoms with E-state index in [1.165, 1.54) is 18.4 Å². The molecule has 0 bridgehead atoms. The van der Waals surface area contributed by atoms with Gasteiger partial charge in [-0.15, -0.1) is 0 Å². The van der Waals surface area contributed by atoms with Crippen molar-refractivity contribution in [2.45, 2.75) is 32.2 Å². The molecule has 1 aromatic rings. The molecular weight excluding hydrogens is 362 g/mol. The van der Waals surface area contributed by atoms with E-state index in [4.69, 9.17) is 16.3 Å². The molecule has 150 valence electrons. The van der Waals surface area contributed by atoms with Gasteiger partial charge in [-0.05, 0) is 55.5 Å². The summed E-state index contributed by atoms with van der Waals surface area (Å²) in [5.74, 6) is 1.25. The van der Waals surface area contributed by atoms with Crippen molar-refractivity contribution in [3.63, 3.8) is 0 Å². The third-order valence-electron chi connectivity index (χ3n) is 5.93. The van der Waals surface area contributed by atoms with E-state index < -0.39 is 0 Å². The predicted molar refractivity (Wildman–Crippen MR) is 109 cm³/mol. The summed E-state index contributed by atoms with van der Waals surface area (Å²) in [6.07, 6.45) is 2.96. The standard InChI is InChI=1S/C21H32ClN3O2/c1-16(17-6-8-23-9-7-17)14-21(26)24-15-20(25-10-12-27-13-11-25)18-2-4-19(22)5-3-18/h2-5,16-17,20,23H,6-15H2,1H3,(H,24,26). The molecule has 2 fully saturated rings. The zero-order valence-corrected chi connectivity index (χ0v) is 17.0. The van der Waals surface area contributed by atoms with Gasteiger partial charge in [-0.2, -0.15) is 0 Å². The molecule has 2 saturated heterocycles. The number of carbonyl (C=O) groups is 1. The minimum absolute atomic E-state index is 0.157. The lowest BCUT2D eigenvalue weighted by Crippen LogP contribution is -2.44.